The summed E-state index contributed by atoms with van der Waals surface area (Å²) in [5.74, 6) is 0.0935. The van der Waals surface area contributed by atoms with Gasteiger partial charge in [0, 0.05) is 29.7 Å². The van der Waals surface area contributed by atoms with Gasteiger partial charge in [-0.25, -0.2) is 4.98 Å². The minimum Gasteiger partial charge on any atom is -0.324 e. The van der Waals surface area contributed by atoms with Crippen LogP contribution in [0.1, 0.15) is 42.2 Å². The molecule has 24 heavy (non-hydrogen) atoms. The number of carbonyl (C=O) groups excluding carboxylic acids is 2. The van der Waals surface area contributed by atoms with Crippen LogP contribution in [0.15, 0.2) is 30.6 Å². The third-order valence-electron chi connectivity index (χ3n) is 4.14. The Hall–Kier alpha value is -2.67. The van der Waals surface area contributed by atoms with E-state index in [2.05, 4.69) is 15.6 Å². The molecule has 0 fully saturated rings. The lowest BCUT2D eigenvalue weighted by Crippen LogP contribution is -2.34. The van der Waals surface area contributed by atoms with Gasteiger partial charge < -0.3 is 15.6 Å². The van der Waals surface area contributed by atoms with E-state index in [9.17, 15) is 9.59 Å². The number of amides is 2. The van der Waals surface area contributed by atoms with Gasteiger partial charge in [0.25, 0.3) is 5.91 Å². The fourth-order valence-electron chi connectivity index (χ4n) is 2.73. The van der Waals surface area contributed by atoms with Gasteiger partial charge in [-0.2, -0.15) is 0 Å². The van der Waals surface area contributed by atoms with Crippen LogP contribution < -0.4 is 16.4 Å². The zero-order chi connectivity index (χ0) is 17.3. The average molecular weight is 327 g/mol. The summed E-state index contributed by atoms with van der Waals surface area (Å²) in [5.41, 5.74) is 7.94. The summed E-state index contributed by atoms with van der Waals surface area (Å²) in [6, 6.07) is 4.91. The standard InChI is InChI=1S/C17H21N5O2/c1-10(2)22-8-7-19-17(22)21-15(23)12-4-6-14-11(9-12)3-5-13(18)16(24)20-14/h4,6-10,13H,3,5,18H2,1-2H3,(H,20,24)(H,19,21,23). The molecule has 126 valence electrons. The summed E-state index contributed by atoms with van der Waals surface area (Å²) >= 11 is 0. The van der Waals surface area contributed by atoms with Crippen molar-refractivity contribution in [2.45, 2.75) is 38.8 Å². The van der Waals surface area contributed by atoms with Crippen molar-refractivity contribution in [1.82, 2.24) is 9.55 Å². The van der Waals surface area contributed by atoms with Crippen molar-refractivity contribution in [2.75, 3.05) is 10.6 Å². The van der Waals surface area contributed by atoms with Gasteiger partial charge in [0.05, 0.1) is 6.04 Å². The van der Waals surface area contributed by atoms with Crippen LogP contribution in [0.2, 0.25) is 0 Å². The van der Waals surface area contributed by atoms with E-state index in [4.69, 9.17) is 5.73 Å². The normalized spacial score (nSPS) is 17.2. The van der Waals surface area contributed by atoms with Crippen molar-refractivity contribution in [3.63, 3.8) is 0 Å². The van der Waals surface area contributed by atoms with Crippen LogP contribution in [-0.2, 0) is 11.2 Å². The Balaban J connectivity index is 1.82. The van der Waals surface area contributed by atoms with Gasteiger partial charge in [-0.1, -0.05) is 0 Å². The topological polar surface area (TPSA) is 102 Å². The Morgan fingerprint density at radius 2 is 2.25 bits per heavy atom. The first kappa shape index (κ1) is 16.2. The second kappa shape index (κ2) is 6.45. The number of carbonyl (C=O) groups is 2. The number of hydrogen-bond donors (Lipinski definition) is 3. The molecule has 2 aromatic rings. The molecule has 1 atom stereocenters. The molecule has 7 nitrogen and oxygen atoms in total. The van der Waals surface area contributed by atoms with E-state index in [0.717, 1.165) is 5.56 Å². The predicted molar refractivity (Wildman–Crippen MR) is 91.9 cm³/mol. The highest BCUT2D eigenvalue weighted by atomic mass is 16.2. The number of nitrogens with two attached hydrogens (primary N) is 1. The van der Waals surface area contributed by atoms with E-state index in [1.807, 2.05) is 24.6 Å². The van der Waals surface area contributed by atoms with Gasteiger partial charge in [-0.3, -0.25) is 14.9 Å². The van der Waals surface area contributed by atoms with Crippen LogP contribution in [0.4, 0.5) is 11.6 Å². The molecule has 2 heterocycles. The molecule has 0 saturated carbocycles. The summed E-state index contributed by atoms with van der Waals surface area (Å²) in [5, 5.41) is 5.62. The SMILES string of the molecule is CC(C)n1ccnc1NC(=O)c1ccc2c(c1)CCC(N)C(=O)N2. The van der Waals surface area contributed by atoms with Crippen molar-refractivity contribution in [3.05, 3.63) is 41.7 Å². The van der Waals surface area contributed by atoms with Crippen molar-refractivity contribution in [2.24, 2.45) is 5.73 Å². The van der Waals surface area contributed by atoms with E-state index >= 15 is 0 Å². The third-order valence-corrected chi connectivity index (χ3v) is 4.14. The van der Waals surface area contributed by atoms with E-state index in [1.165, 1.54) is 0 Å². The van der Waals surface area contributed by atoms with Gasteiger partial charge in [0.1, 0.15) is 0 Å². The molecule has 1 aliphatic rings. The van der Waals surface area contributed by atoms with Crippen LogP contribution in [0.3, 0.4) is 0 Å². The Morgan fingerprint density at radius 1 is 1.46 bits per heavy atom. The van der Waals surface area contributed by atoms with Crippen molar-refractivity contribution < 1.29 is 9.59 Å². The van der Waals surface area contributed by atoms with E-state index in [-0.39, 0.29) is 17.9 Å². The quantitative estimate of drug-likeness (QED) is 0.801. The Morgan fingerprint density at radius 3 is 3.00 bits per heavy atom. The molecule has 4 N–H and O–H groups in total. The maximum Gasteiger partial charge on any atom is 0.257 e. The van der Waals surface area contributed by atoms with E-state index in [0.29, 0.717) is 30.0 Å². The molecule has 1 aromatic carbocycles. The molecule has 0 spiro atoms. The molecule has 7 heteroatoms. The smallest absolute Gasteiger partial charge is 0.257 e. The number of nitrogens with one attached hydrogen (secondary N) is 2. The maximum atomic E-state index is 12.5. The lowest BCUT2D eigenvalue weighted by Gasteiger charge is -2.13. The Kier molecular flexibility index (Phi) is 4.35. The minimum absolute atomic E-state index is 0.190. The van der Waals surface area contributed by atoms with Crippen LogP contribution in [0.5, 0.6) is 0 Å². The largest absolute Gasteiger partial charge is 0.324 e. The van der Waals surface area contributed by atoms with E-state index < -0.39 is 6.04 Å². The van der Waals surface area contributed by atoms with Gasteiger partial charge >= 0.3 is 0 Å². The zero-order valence-electron chi connectivity index (χ0n) is 13.7. The van der Waals surface area contributed by atoms with Crippen LogP contribution >= 0.6 is 0 Å². The zero-order valence-corrected chi connectivity index (χ0v) is 13.7. The molecule has 0 aliphatic carbocycles. The maximum absolute atomic E-state index is 12.5. The van der Waals surface area contributed by atoms with Crippen LogP contribution in [0, 0.1) is 0 Å². The molecule has 1 aromatic heterocycles. The second-order valence-corrected chi connectivity index (χ2v) is 6.21. The fourth-order valence-corrected chi connectivity index (χ4v) is 2.73. The highest BCUT2D eigenvalue weighted by Crippen LogP contribution is 2.23. The van der Waals surface area contributed by atoms with Crippen molar-refractivity contribution >= 4 is 23.5 Å². The summed E-state index contributed by atoms with van der Waals surface area (Å²) < 4.78 is 1.89. The van der Waals surface area contributed by atoms with Crippen LogP contribution in [-0.4, -0.2) is 27.4 Å². The first-order valence-corrected chi connectivity index (χ1v) is 7.99. The number of anilines is 2. The molecule has 3 rings (SSSR count). The number of aryl methyl sites for hydroxylation is 1. The third kappa shape index (κ3) is 3.16. The predicted octanol–water partition coefficient (Wildman–Crippen LogP) is 1.93. The molecule has 0 bridgehead atoms. The van der Waals surface area contributed by atoms with Gasteiger partial charge in [0.15, 0.2) is 0 Å². The molecule has 2 amide bonds. The fraction of sp³-hybridized carbons (Fsp3) is 0.353. The van der Waals surface area contributed by atoms with Crippen molar-refractivity contribution in [3.8, 4) is 0 Å². The highest BCUT2D eigenvalue weighted by Gasteiger charge is 2.21. The molecular formula is C17H21N5O2. The number of nitrogens with zero attached hydrogens (tertiary/aromatic N) is 2. The first-order chi connectivity index (χ1) is 11.5. The summed E-state index contributed by atoms with van der Waals surface area (Å²) in [4.78, 5) is 28.5. The first-order valence-electron chi connectivity index (χ1n) is 7.99. The van der Waals surface area contributed by atoms with Crippen LogP contribution in [0.25, 0.3) is 0 Å². The number of rotatable bonds is 3. The molecule has 1 aliphatic heterocycles. The second-order valence-electron chi connectivity index (χ2n) is 6.21. The van der Waals surface area contributed by atoms with Gasteiger partial charge in [-0.15, -0.1) is 0 Å². The van der Waals surface area contributed by atoms with Gasteiger partial charge in [0.2, 0.25) is 11.9 Å². The number of benzene rings is 1. The van der Waals surface area contributed by atoms with E-state index in [1.54, 1.807) is 24.4 Å². The Labute approximate surface area is 140 Å². The molecule has 0 radical (unpaired) electrons. The van der Waals surface area contributed by atoms with Crippen molar-refractivity contribution in [1.29, 1.82) is 0 Å². The molecular weight excluding hydrogens is 306 g/mol. The Bertz CT molecular complexity index is 781. The lowest BCUT2D eigenvalue weighted by molar-refractivity contribution is -0.117. The number of aromatic nitrogens is 2. The van der Waals surface area contributed by atoms with Gasteiger partial charge in [-0.05, 0) is 50.5 Å². The monoisotopic (exact) mass is 327 g/mol. The molecule has 0 saturated heterocycles. The number of imidazole rings is 1. The summed E-state index contributed by atoms with van der Waals surface area (Å²) in [7, 11) is 0. The average Bonchev–Trinajstić information content (AvgIpc) is 2.96. The number of fused-ring (bicyclic) bond motifs is 1. The number of hydrogen-bond acceptors (Lipinski definition) is 4. The summed E-state index contributed by atoms with van der Waals surface area (Å²) in [6.45, 7) is 4.04. The lowest BCUT2D eigenvalue weighted by atomic mass is 10.0. The summed E-state index contributed by atoms with van der Waals surface area (Å²) in [6.07, 6.45) is 4.69. The molecule has 1 unspecified atom stereocenters. The highest BCUT2D eigenvalue weighted by molar-refractivity contribution is 6.04. The minimum atomic E-state index is -0.520.